The monoisotopic (exact) mass is 554 g/mol. The van der Waals surface area contributed by atoms with Gasteiger partial charge in [-0.05, 0) is 62.4 Å². The fourth-order valence-electron chi connectivity index (χ4n) is 3.26. The molecule has 0 aliphatic heterocycles. The smallest absolute Gasteiger partial charge is 0.328 e. The molecule has 0 heterocycles. The maximum absolute atomic E-state index is 12.7. The average Bonchev–Trinajstić information content (AvgIpc) is 2.92. The first kappa shape index (κ1) is 31.1. The number of ether oxygens (including phenoxy) is 2. The van der Waals surface area contributed by atoms with Gasteiger partial charge >= 0.3 is 11.9 Å². The highest BCUT2D eigenvalue weighted by molar-refractivity contribution is 5.97. The highest BCUT2D eigenvalue weighted by atomic mass is 16.6. The molecule has 14 nitrogen and oxygen atoms in total. The summed E-state index contributed by atoms with van der Waals surface area (Å²) in [5.41, 5.74) is 22.9. The van der Waals surface area contributed by atoms with Crippen molar-refractivity contribution in [1.29, 1.82) is 0 Å². The number of nitrogens with two attached hydrogens (primary N) is 4. The molecule has 2 unspecified atom stereocenters. The van der Waals surface area contributed by atoms with Crippen LogP contribution in [0.5, 0.6) is 0 Å². The van der Waals surface area contributed by atoms with E-state index < -0.39 is 35.8 Å². The normalized spacial score (nSPS) is 11.8. The lowest BCUT2D eigenvalue weighted by atomic mass is 10.1. The van der Waals surface area contributed by atoms with Crippen molar-refractivity contribution in [1.82, 2.24) is 9.80 Å². The van der Waals surface area contributed by atoms with Crippen LogP contribution in [0.25, 0.3) is 0 Å². The SMILES string of the molecule is CC(C(=O)OCCOC(=O)C(C)N(C)C(=O)c1ccc(N=C(N)N)cc1)N(C)C(=O)c1ccc(N=C(N)N)cc1. The van der Waals surface area contributed by atoms with E-state index >= 15 is 0 Å². The Morgan fingerprint density at radius 2 is 0.950 bits per heavy atom. The Kier molecular flexibility index (Phi) is 11.0. The van der Waals surface area contributed by atoms with E-state index in [1.807, 2.05) is 0 Å². The number of hydrogen-bond acceptors (Lipinski definition) is 8. The van der Waals surface area contributed by atoms with Crippen molar-refractivity contribution in [2.75, 3.05) is 27.3 Å². The molecule has 2 aromatic carbocycles. The Balaban J connectivity index is 1.82. The summed E-state index contributed by atoms with van der Waals surface area (Å²) in [6, 6.07) is 10.5. The number of hydrogen-bond donors (Lipinski definition) is 4. The van der Waals surface area contributed by atoms with Crippen LogP contribution in [0.4, 0.5) is 11.4 Å². The molecule has 0 spiro atoms. The third kappa shape index (κ3) is 8.72. The first-order valence-electron chi connectivity index (χ1n) is 12.1. The molecule has 0 radical (unpaired) electrons. The molecular weight excluding hydrogens is 520 g/mol. The van der Waals surface area contributed by atoms with Crippen molar-refractivity contribution >= 4 is 47.0 Å². The van der Waals surface area contributed by atoms with Crippen molar-refractivity contribution in [3.05, 3.63) is 59.7 Å². The second-order valence-corrected chi connectivity index (χ2v) is 8.69. The van der Waals surface area contributed by atoms with Gasteiger partial charge in [-0.25, -0.2) is 19.6 Å². The molecule has 2 rings (SSSR count). The molecular formula is C26H34N8O6. The van der Waals surface area contributed by atoms with Gasteiger partial charge in [0.25, 0.3) is 11.8 Å². The molecule has 2 atom stereocenters. The minimum Gasteiger partial charge on any atom is -0.461 e. The standard InChI is InChI=1S/C26H34N8O6/c1-15(33(3)21(35)17-5-9-19(10-6-17)31-25(27)28)23(37)39-13-14-40-24(38)16(2)34(4)22(36)18-7-11-20(12-8-18)32-26(29)30/h5-12,15-16H,13-14H2,1-4H3,(H4,27,28,31)(H4,29,30,32). The second kappa shape index (κ2) is 14.1. The lowest BCUT2D eigenvalue weighted by Crippen LogP contribution is -2.42. The maximum atomic E-state index is 12.7. The maximum Gasteiger partial charge on any atom is 0.328 e. The molecule has 0 saturated carbocycles. The summed E-state index contributed by atoms with van der Waals surface area (Å²) in [5.74, 6) is -2.43. The average molecular weight is 555 g/mol. The molecule has 214 valence electrons. The number of carbonyl (C=O) groups is 4. The van der Waals surface area contributed by atoms with Gasteiger partial charge in [-0.3, -0.25) is 9.59 Å². The number of carbonyl (C=O) groups excluding carboxylic acids is 4. The van der Waals surface area contributed by atoms with Crippen LogP contribution in [0.15, 0.2) is 58.5 Å². The van der Waals surface area contributed by atoms with Crippen LogP contribution in [-0.2, 0) is 19.1 Å². The number of benzene rings is 2. The second-order valence-electron chi connectivity index (χ2n) is 8.69. The predicted molar refractivity (Wildman–Crippen MR) is 149 cm³/mol. The van der Waals surface area contributed by atoms with Crippen LogP contribution >= 0.6 is 0 Å². The summed E-state index contributed by atoms with van der Waals surface area (Å²) in [6.07, 6.45) is 0. The van der Waals surface area contributed by atoms with Crippen LogP contribution in [0.3, 0.4) is 0 Å². The number of nitrogens with zero attached hydrogens (tertiary/aromatic N) is 4. The van der Waals surface area contributed by atoms with E-state index in [0.717, 1.165) is 0 Å². The van der Waals surface area contributed by atoms with E-state index in [1.165, 1.54) is 62.0 Å². The Morgan fingerprint density at radius 1 is 0.650 bits per heavy atom. The molecule has 0 aromatic heterocycles. The zero-order valence-electron chi connectivity index (χ0n) is 22.7. The number of rotatable bonds is 11. The Hall–Kier alpha value is -5.14. The molecule has 2 amide bonds. The van der Waals surface area contributed by atoms with Gasteiger partial charge in [0, 0.05) is 25.2 Å². The minimum absolute atomic E-state index is 0.111. The molecule has 14 heteroatoms. The zero-order chi connectivity index (χ0) is 30.0. The highest BCUT2D eigenvalue weighted by Gasteiger charge is 2.26. The van der Waals surface area contributed by atoms with Crippen molar-refractivity contribution in [3.8, 4) is 0 Å². The van der Waals surface area contributed by atoms with E-state index in [0.29, 0.717) is 22.5 Å². The van der Waals surface area contributed by atoms with Crippen LogP contribution in [0.2, 0.25) is 0 Å². The Labute approximate surface area is 231 Å². The van der Waals surface area contributed by atoms with Gasteiger partial charge in [0.2, 0.25) is 0 Å². The third-order valence-corrected chi connectivity index (χ3v) is 5.80. The number of esters is 2. The molecule has 8 N–H and O–H groups in total. The van der Waals surface area contributed by atoms with Gasteiger partial charge in [0.05, 0.1) is 11.4 Å². The summed E-state index contributed by atoms with van der Waals surface area (Å²) >= 11 is 0. The van der Waals surface area contributed by atoms with Gasteiger partial charge in [-0.15, -0.1) is 0 Å². The number of aliphatic imine (C=N–C) groups is 2. The lowest BCUT2D eigenvalue weighted by molar-refractivity contribution is -0.156. The van der Waals surface area contributed by atoms with E-state index in [4.69, 9.17) is 32.4 Å². The summed E-state index contributed by atoms with van der Waals surface area (Å²) in [5, 5.41) is 0. The third-order valence-electron chi connectivity index (χ3n) is 5.80. The van der Waals surface area contributed by atoms with Gasteiger partial charge in [-0.2, -0.15) is 0 Å². The van der Waals surface area contributed by atoms with E-state index in [1.54, 1.807) is 24.3 Å². The molecule has 40 heavy (non-hydrogen) atoms. The summed E-state index contributed by atoms with van der Waals surface area (Å²) in [4.78, 5) is 60.5. The number of likely N-dealkylation sites (N-methyl/N-ethyl adjacent to an activating group) is 2. The summed E-state index contributed by atoms with van der Waals surface area (Å²) in [7, 11) is 2.92. The first-order valence-corrected chi connectivity index (χ1v) is 12.1. The molecule has 2 aromatic rings. The topological polar surface area (TPSA) is 222 Å². The Morgan fingerprint density at radius 3 is 1.23 bits per heavy atom. The zero-order valence-corrected chi connectivity index (χ0v) is 22.7. The molecule has 0 bridgehead atoms. The van der Waals surface area contributed by atoms with Gasteiger partial charge < -0.3 is 42.2 Å². The molecule has 0 fully saturated rings. The van der Waals surface area contributed by atoms with Crippen LogP contribution in [0, 0.1) is 0 Å². The van der Waals surface area contributed by atoms with Crippen molar-refractivity contribution < 1.29 is 28.7 Å². The van der Waals surface area contributed by atoms with Gasteiger partial charge in [-0.1, -0.05) is 0 Å². The summed E-state index contributed by atoms with van der Waals surface area (Å²) < 4.78 is 10.3. The number of amides is 2. The fourth-order valence-corrected chi connectivity index (χ4v) is 3.26. The van der Waals surface area contributed by atoms with Gasteiger partial charge in [0.1, 0.15) is 25.3 Å². The lowest BCUT2D eigenvalue weighted by Gasteiger charge is -2.24. The predicted octanol–water partition coefficient (Wildman–Crippen LogP) is 0.204. The van der Waals surface area contributed by atoms with Gasteiger partial charge in [0.15, 0.2) is 11.9 Å². The number of guanidine groups is 2. The van der Waals surface area contributed by atoms with Crippen molar-refractivity contribution in [2.45, 2.75) is 25.9 Å². The molecule has 0 aliphatic carbocycles. The van der Waals surface area contributed by atoms with Crippen molar-refractivity contribution in [3.63, 3.8) is 0 Å². The van der Waals surface area contributed by atoms with E-state index in [-0.39, 0.29) is 25.1 Å². The van der Waals surface area contributed by atoms with Crippen LogP contribution < -0.4 is 22.9 Å². The largest absolute Gasteiger partial charge is 0.461 e. The highest BCUT2D eigenvalue weighted by Crippen LogP contribution is 2.16. The first-order chi connectivity index (χ1) is 18.8. The van der Waals surface area contributed by atoms with Crippen LogP contribution in [0.1, 0.15) is 34.6 Å². The quantitative estimate of drug-likeness (QED) is 0.128. The van der Waals surface area contributed by atoms with E-state index in [2.05, 4.69) is 9.98 Å². The van der Waals surface area contributed by atoms with E-state index in [9.17, 15) is 19.2 Å². The van der Waals surface area contributed by atoms with Crippen LogP contribution in [-0.4, -0.2) is 84.9 Å². The minimum atomic E-state index is -0.915. The summed E-state index contributed by atoms with van der Waals surface area (Å²) in [6.45, 7) is 2.54. The molecule has 0 aliphatic rings. The Bertz CT molecular complexity index is 1170. The fraction of sp³-hybridized carbons (Fsp3) is 0.308. The van der Waals surface area contributed by atoms with Crippen molar-refractivity contribution in [2.24, 2.45) is 32.9 Å². The molecule has 0 saturated heterocycles.